The normalized spacial score (nSPS) is 21.2. The molecule has 0 saturated heterocycles. The van der Waals surface area contributed by atoms with Crippen molar-refractivity contribution in [1.29, 1.82) is 0 Å². The fourth-order valence-electron chi connectivity index (χ4n) is 1.74. The SMILES string of the molecule is C[C@@H]1C[C@@H]1C(=O)OCC(=O)NCc1ccccc1. The van der Waals surface area contributed by atoms with Gasteiger partial charge >= 0.3 is 5.97 Å². The van der Waals surface area contributed by atoms with E-state index in [1.807, 2.05) is 37.3 Å². The number of hydrogen-bond donors (Lipinski definition) is 1. The van der Waals surface area contributed by atoms with Gasteiger partial charge in [0.15, 0.2) is 6.61 Å². The lowest BCUT2D eigenvalue weighted by molar-refractivity contribution is -0.150. The Morgan fingerprint density at radius 3 is 2.61 bits per heavy atom. The van der Waals surface area contributed by atoms with Gasteiger partial charge in [0.1, 0.15) is 0 Å². The first-order valence-corrected chi connectivity index (χ1v) is 6.14. The van der Waals surface area contributed by atoms with E-state index in [1.165, 1.54) is 0 Å². The molecule has 0 unspecified atom stereocenters. The maximum atomic E-state index is 11.5. The third kappa shape index (κ3) is 3.58. The standard InChI is InChI=1S/C14H17NO3/c1-10-7-12(10)14(17)18-9-13(16)15-8-11-5-3-2-4-6-11/h2-6,10,12H,7-9H2,1H3,(H,15,16)/t10-,12+/m1/s1. The summed E-state index contributed by atoms with van der Waals surface area (Å²) in [6.07, 6.45) is 0.879. The second kappa shape index (κ2) is 5.67. The molecule has 1 aliphatic rings. The number of esters is 1. The average Bonchev–Trinajstić information content (AvgIpc) is 3.12. The van der Waals surface area contributed by atoms with E-state index in [2.05, 4.69) is 5.32 Å². The second-order valence-corrected chi connectivity index (χ2v) is 4.69. The van der Waals surface area contributed by atoms with Crippen LogP contribution in [-0.4, -0.2) is 18.5 Å². The van der Waals surface area contributed by atoms with Crippen LogP contribution in [0.3, 0.4) is 0 Å². The molecule has 2 rings (SSSR count). The van der Waals surface area contributed by atoms with E-state index in [0.29, 0.717) is 12.5 Å². The molecular formula is C14H17NO3. The molecule has 1 aromatic rings. The van der Waals surface area contributed by atoms with Crippen molar-refractivity contribution in [1.82, 2.24) is 5.32 Å². The zero-order valence-electron chi connectivity index (χ0n) is 10.4. The van der Waals surface area contributed by atoms with Crippen LogP contribution in [0.5, 0.6) is 0 Å². The summed E-state index contributed by atoms with van der Waals surface area (Å²) < 4.78 is 4.94. The Labute approximate surface area is 106 Å². The Balaban J connectivity index is 1.65. The number of benzene rings is 1. The summed E-state index contributed by atoms with van der Waals surface area (Å²) in [4.78, 5) is 22.8. The molecule has 0 spiro atoms. The number of nitrogens with one attached hydrogen (secondary N) is 1. The minimum atomic E-state index is -0.263. The number of hydrogen-bond acceptors (Lipinski definition) is 3. The van der Waals surface area contributed by atoms with Gasteiger partial charge in [0.2, 0.25) is 0 Å². The lowest BCUT2D eigenvalue weighted by Gasteiger charge is -2.06. The van der Waals surface area contributed by atoms with Crippen LogP contribution in [0.25, 0.3) is 0 Å². The zero-order valence-corrected chi connectivity index (χ0v) is 10.4. The first-order valence-electron chi connectivity index (χ1n) is 6.14. The summed E-state index contributed by atoms with van der Waals surface area (Å²) >= 11 is 0. The van der Waals surface area contributed by atoms with Crippen molar-refractivity contribution in [3.8, 4) is 0 Å². The van der Waals surface area contributed by atoms with E-state index in [0.717, 1.165) is 12.0 Å². The molecule has 1 aromatic carbocycles. The number of carbonyl (C=O) groups excluding carboxylic acids is 2. The molecule has 0 bridgehead atoms. The predicted molar refractivity (Wildman–Crippen MR) is 66.5 cm³/mol. The van der Waals surface area contributed by atoms with Crippen molar-refractivity contribution in [3.05, 3.63) is 35.9 Å². The largest absolute Gasteiger partial charge is 0.455 e. The third-order valence-corrected chi connectivity index (χ3v) is 3.09. The van der Waals surface area contributed by atoms with Crippen LogP contribution in [0.1, 0.15) is 18.9 Å². The first-order chi connectivity index (χ1) is 8.66. The van der Waals surface area contributed by atoms with Crippen LogP contribution >= 0.6 is 0 Å². The maximum Gasteiger partial charge on any atom is 0.309 e. The summed E-state index contributed by atoms with van der Waals surface area (Å²) in [7, 11) is 0. The molecule has 4 heteroatoms. The Morgan fingerprint density at radius 2 is 2.00 bits per heavy atom. The van der Waals surface area contributed by atoms with Gasteiger partial charge in [-0.05, 0) is 17.9 Å². The molecule has 4 nitrogen and oxygen atoms in total. The monoisotopic (exact) mass is 247 g/mol. The zero-order chi connectivity index (χ0) is 13.0. The molecule has 2 atom stereocenters. The van der Waals surface area contributed by atoms with Crippen molar-refractivity contribution in [2.75, 3.05) is 6.61 Å². The van der Waals surface area contributed by atoms with Crippen molar-refractivity contribution in [2.24, 2.45) is 11.8 Å². The molecule has 0 radical (unpaired) electrons. The van der Waals surface area contributed by atoms with Gasteiger partial charge < -0.3 is 10.1 Å². The summed E-state index contributed by atoms with van der Waals surface area (Å²) in [6, 6.07) is 9.60. The molecule has 0 aromatic heterocycles. The van der Waals surface area contributed by atoms with Gasteiger partial charge in [0.05, 0.1) is 5.92 Å². The fourth-order valence-corrected chi connectivity index (χ4v) is 1.74. The van der Waals surface area contributed by atoms with Crippen LogP contribution in [0.4, 0.5) is 0 Å². The quantitative estimate of drug-likeness (QED) is 0.802. The van der Waals surface area contributed by atoms with E-state index in [4.69, 9.17) is 4.74 Å². The maximum absolute atomic E-state index is 11.5. The number of ether oxygens (including phenoxy) is 1. The highest BCUT2D eigenvalue weighted by Crippen LogP contribution is 2.38. The van der Waals surface area contributed by atoms with E-state index >= 15 is 0 Å². The first kappa shape index (κ1) is 12.6. The van der Waals surface area contributed by atoms with Gasteiger partial charge in [-0.2, -0.15) is 0 Å². The van der Waals surface area contributed by atoms with E-state index < -0.39 is 0 Å². The smallest absolute Gasteiger partial charge is 0.309 e. The van der Waals surface area contributed by atoms with E-state index in [9.17, 15) is 9.59 Å². The number of amides is 1. The topological polar surface area (TPSA) is 55.4 Å². The van der Waals surface area contributed by atoms with Gasteiger partial charge in [-0.15, -0.1) is 0 Å². The minimum absolute atomic E-state index is 0.00641. The highest BCUT2D eigenvalue weighted by molar-refractivity contribution is 5.82. The second-order valence-electron chi connectivity index (χ2n) is 4.69. The highest BCUT2D eigenvalue weighted by atomic mass is 16.5. The molecular weight excluding hydrogens is 230 g/mol. The minimum Gasteiger partial charge on any atom is -0.455 e. The molecule has 1 N–H and O–H groups in total. The van der Waals surface area contributed by atoms with E-state index in [1.54, 1.807) is 0 Å². The van der Waals surface area contributed by atoms with Crippen molar-refractivity contribution >= 4 is 11.9 Å². The summed E-state index contributed by atoms with van der Waals surface area (Å²) in [5, 5.41) is 2.71. The Morgan fingerprint density at radius 1 is 1.33 bits per heavy atom. The third-order valence-electron chi connectivity index (χ3n) is 3.09. The summed E-state index contributed by atoms with van der Waals surface area (Å²) in [6.45, 7) is 2.27. The molecule has 0 aliphatic heterocycles. The van der Waals surface area contributed by atoms with Crippen molar-refractivity contribution in [3.63, 3.8) is 0 Å². The van der Waals surface area contributed by atoms with Crippen molar-refractivity contribution < 1.29 is 14.3 Å². The molecule has 1 amide bonds. The van der Waals surface area contributed by atoms with E-state index in [-0.39, 0.29) is 24.4 Å². The molecule has 18 heavy (non-hydrogen) atoms. The molecule has 1 fully saturated rings. The fraction of sp³-hybridized carbons (Fsp3) is 0.429. The summed E-state index contributed by atoms with van der Waals surface area (Å²) in [5.74, 6) is -0.102. The number of carbonyl (C=O) groups is 2. The summed E-state index contributed by atoms with van der Waals surface area (Å²) in [5.41, 5.74) is 1.02. The van der Waals surface area contributed by atoms with Crippen LogP contribution < -0.4 is 5.32 Å². The Bertz CT molecular complexity index is 430. The molecule has 96 valence electrons. The van der Waals surface area contributed by atoms with Crippen LogP contribution in [0, 0.1) is 11.8 Å². The Kier molecular flexibility index (Phi) is 3.97. The molecule has 1 saturated carbocycles. The predicted octanol–water partition coefficient (Wildman–Crippen LogP) is 1.50. The number of rotatable bonds is 5. The van der Waals surface area contributed by atoms with Gasteiger partial charge in [-0.25, -0.2) is 0 Å². The lowest BCUT2D eigenvalue weighted by atomic mass is 10.2. The molecule has 0 heterocycles. The molecule has 1 aliphatic carbocycles. The van der Waals surface area contributed by atoms with Gasteiger partial charge in [-0.3, -0.25) is 9.59 Å². The van der Waals surface area contributed by atoms with Gasteiger partial charge in [-0.1, -0.05) is 37.3 Å². The Hall–Kier alpha value is -1.84. The van der Waals surface area contributed by atoms with Gasteiger partial charge in [0.25, 0.3) is 5.91 Å². The lowest BCUT2D eigenvalue weighted by Crippen LogP contribution is -2.28. The van der Waals surface area contributed by atoms with Crippen LogP contribution in [0.2, 0.25) is 0 Å². The van der Waals surface area contributed by atoms with Gasteiger partial charge in [0, 0.05) is 6.54 Å². The average molecular weight is 247 g/mol. The van der Waals surface area contributed by atoms with Crippen molar-refractivity contribution in [2.45, 2.75) is 19.9 Å². The van der Waals surface area contributed by atoms with Crippen LogP contribution in [0.15, 0.2) is 30.3 Å². The van der Waals surface area contributed by atoms with Crippen LogP contribution in [-0.2, 0) is 20.9 Å². The highest BCUT2D eigenvalue weighted by Gasteiger charge is 2.40.